The number of benzene rings is 1. The predicted molar refractivity (Wildman–Crippen MR) is 54.0 cm³/mol. The van der Waals surface area contributed by atoms with Crippen LogP contribution >= 0.6 is 12.4 Å². The van der Waals surface area contributed by atoms with Crippen molar-refractivity contribution < 1.29 is 10.2 Å². The van der Waals surface area contributed by atoms with Crippen molar-refractivity contribution in [1.82, 2.24) is 0 Å². The van der Waals surface area contributed by atoms with Gasteiger partial charge in [-0.05, 0) is 30.7 Å². The maximum Gasteiger partial charge on any atom is 0.115 e. The molecule has 0 fully saturated rings. The van der Waals surface area contributed by atoms with Gasteiger partial charge in [0.1, 0.15) is 5.75 Å². The Morgan fingerprint density at radius 3 is 2.62 bits per heavy atom. The number of aliphatic hydroxyl groups excluding tert-OH is 1. The number of aromatic hydroxyl groups is 1. The Balaban J connectivity index is 0.00000144. The van der Waals surface area contributed by atoms with E-state index < -0.39 is 6.10 Å². The van der Waals surface area contributed by atoms with E-state index in [0.29, 0.717) is 18.5 Å². The minimum Gasteiger partial charge on any atom is -0.508 e. The third kappa shape index (κ3) is 3.63. The number of rotatable bonds is 3. The van der Waals surface area contributed by atoms with Gasteiger partial charge in [-0.15, -0.1) is 12.4 Å². The molecule has 1 rings (SSSR count). The van der Waals surface area contributed by atoms with Crippen LogP contribution in [0.25, 0.3) is 0 Å². The number of halogens is 1. The molecule has 13 heavy (non-hydrogen) atoms. The quantitative estimate of drug-likeness (QED) is 0.692. The van der Waals surface area contributed by atoms with Gasteiger partial charge in [0.25, 0.3) is 0 Å². The van der Waals surface area contributed by atoms with Crippen molar-refractivity contribution in [3.05, 3.63) is 29.8 Å². The summed E-state index contributed by atoms with van der Waals surface area (Å²) >= 11 is 0. The minimum atomic E-state index is -0.568. The molecule has 0 aliphatic carbocycles. The van der Waals surface area contributed by atoms with Gasteiger partial charge in [0.2, 0.25) is 0 Å². The Hall–Kier alpha value is -0.770. The first kappa shape index (κ1) is 12.2. The summed E-state index contributed by atoms with van der Waals surface area (Å²) in [7, 11) is 0. The van der Waals surface area contributed by atoms with E-state index in [2.05, 4.69) is 0 Å². The molecular weight excluding hydrogens is 190 g/mol. The molecule has 1 unspecified atom stereocenters. The molecule has 0 aromatic heterocycles. The number of phenols is 1. The van der Waals surface area contributed by atoms with E-state index >= 15 is 0 Å². The highest BCUT2D eigenvalue weighted by molar-refractivity contribution is 5.85. The summed E-state index contributed by atoms with van der Waals surface area (Å²) in [5, 5.41) is 18.5. The van der Waals surface area contributed by atoms with Crippen molar-refractivity contribution in [1.29, 1.82) is 0 Å². The molecule has 0 radical (unpaired) electrons. The molecule has 1 aromatic rings. The van der Waals surface area contributed by atoms with Crippen LogP contribution in [0.15, 0.2) is 24.3 Å². The van der Waals surface area contributed by atoms with Gasteiger partial charge in [-0.25, -0.2) is 0 Å². The molecule has 0 bridgehead atoms. The van der Waals surface area contributed by atoms with Gasteiger partial charge in [0.15, 0.2) is 0 Å². The lowest BCUT2D eigenvalue weighted by Crippen LogP contribution is -2.06. The molecule has 3 nitrogen and oxygen atoms in total. The third-order valence-electron chi connectivity index (χ3n) is 1.70. The standard InChI is InChI=1S/C9H13NO2.ClH/c10-5-4-9(12)7-2-1-3-8(11)6-7;/h1-3,6,9,11-12H,4-5,10H2;1H. The summed E-state index contributed by atoms with van der Waals surface area (Å²) in [6.45, 7) is 0.441. The van der Waals surface area contributed by atoms with Gasteiger partial charge in [0.05, 0.1) is 6.10 Å². The molecule has 4 N–H and O–H groups in total. The van der Waals surface area contributed by atoms with Crippen LogP contribution in [-0.2, 0) is 0 Å². The average Bonchev–Trinajstić information content (AvgIpc) is 2.05. The first-order chi connectivity index (χ1) is 5.74. The van der Waals surface area contributed by atoms with Gasteiger partial charge in [-0.1, -0.05) is 12.1 Å². The number of hydrogen-bond acceptors (Lipinski definition) is 3. The maximum atomic E-state index is 9.45. The zero-order valence-electron chi connectivity index (χ0n) is 7.18. The van der Waals surface area contributed by atoms with Crippen LogP contribution in [0.2, 0.25) is 0 Å². The van der Waals surface area contributed by atoms with Gasteiger partial charge >= 0.3 is 0 Å². The van der Waals surface area contributed by atoms with Gasteiger partial charge in [-0.3, -0.25) is 0 Å². The Bertz CT molecular complexity index is 255. The second kappa shape index (κ2) is 5.80. The second-order valence-electron chi connectivity index (χ2n) is 2.69. The van der Waals surface area contributed by atoms with Crippen LogP contribution in [0.3, 0.4) is 0 Å². The molecular formula is C9H14ClNO2. The van der Waals surface area contributed by atoms with Crippen molar-refractivity contribution in [2.24, 2.45) is 5.73 Å². The highest BCUT2D eigenvalue weighted by Gasteiger charge is 2.05. The Kier molecular flexibility index (Phi) is 5.46. The van der Waals surface area contributed by atoms with Crippen LogP contribution in [0, 0.1) is 0 Å². The van der Waals surface area contributed by atoms with Gasteiger partial charge < -0.3 is 15.9 Å². The second-order valence-corrected chi connectivity index (χ2v) is 2.69. The normalized spacial score (nSPS) is 11.8. The van der Waals surface area contributed by atoms with E-state index in [4.69, 9.17) is 10.8 Å². The Morgan fingerprint density at radius 2 is 2.08 bits per heavy atom. The fraction of sp³-hybridized carbons (Fsp3) is 0.333. The molecule has 1 atom stereocenters. The van der Waals surface area contributed by atoms with E-state index in [0.717, 1.165) is 0 Å². The molecule has 0 amide bonds. The molecule has 0 aliphatic heterocycles. The lowest BCUT2D eigenvalue weighted by atomic mass is 10.1. The summed E-state index contributed by atoms with van der Waals surface area (Å²) in [6, 6.07) is 6.57. The summed E-state index contributed by atoms with van der Waals surface area (Å²) in [5.74, 6) is 0.170. The highest BCUT2D eigenvalue weighted by Crippen LogP contribution is 2.19. The van der Waals surface area contributed by atoms with Crippen LogP contribution in [0.1, 0.15) is 18.1 Å². The summed E-state index contributed by atoms with van der Waals surface area (Å²) in [6.07, 6.45) is -0.0502. The van der Waals surface area contributed by atoms with E-state index in [1.165, 1.54) is 0 Å². The average molecular weight is 204 g/mol. The monoisotopic (exact) mass is 203 g/mol. The third-order valence-corrected chi connectivity index (χ3v) is 1.70. The Labute approximate surface area is 83.6 Å². The molecule has 0 saturated carbocycles. The van der Waals surface area contributed by atoms with E-state index in [9.17, 15) is 5.11 Å². The van der Waals surface area contributed by atoms with Crippen molar-refractivity contribution in [3.8, 4) is 5.75 Å². The SMILES string of the molecule is Cl.NCCC(O)c1cccc(O)c1. The molecule has 74 valence electrons. The van der Waals surface area contributed by atoms with Crippen LogP contribution in [-0.4, -0.2) is 16.8 Å². The van der Waals surface area contributed by atoms with Crippen LogP contribution < -0.4 is 5.73 Å². The van der Waals surface area contributed by atoms with Gasteiger partial charge in [0, 0.05) is 0 Å². The number of phenolic OH excluding ortho intramolecular Hbond substituents is 1. The largest absolute Gasteiger partial charge is 0.508 e. The first-order valence-electron chi connectivity index (χ1n) is 3.91. The van der Waals surface area contributed by atoms with Gasteiger partial charge in [-0.2, -0.15) is 0 Å². The Morgan fingerprint density at radius 1 is 1.38 bits per heavy atom. The van der Waals surface area contributed by atoms with E-state index in [-0.39, 0.29) is 18.2 Å². The maximum absolute atomic E-state index is 9.45. The van der Waals surface area contributed by atoms with Crippen LogP contribution in [0.4, 0.5) is 0 Å². The molecule has 0 aliphatic rings. The lowest BCUT2D eigenvalue weighted by molar-refractivity contribution is 0.170. The molecule has 1 aromatic carbocycles. The summed E-state index contributed by atoms with van der Waals surface area (Å²) in [5.41, 5.74) is 5.99. The zero-order chi connectivity index (χ0) is 8.97. The predicted octanol–water partition coefficient (Wildman–Crippen LogP) is 1.20. The van der Waals surface area contributed by atoms with Crippen molar-refractivity contribution in [2.45, 2.75) is 12.5 Å². The molecule has 0 saturated heterocycles. The fourth-order valence-corrected chi connectivity index (χ4v) is 1.06. The first-order valence-corrected chi connectivity index (χ1v) is 3.91. The lowest BCUT2D eigenvalue weighted by Gasteiger charge is -2.08. The van der Waals surface area contributed by atoms with Crippen molar-refractivity contribution >= 4 is 12.4 Å². The molecule has 4 heteroatoms. The topological polar surface area (TPSA) is 66.5 Å². The number of aliphatic hydroxyl groups is 1. The molecule has 0 heterocycles. The smallest absolute Gasteiger partial charge is 0.115 e. The minimum absolute atomic E-state index is 0. The number of nitrogens with two attached hydrogens (primary N) is 1. The number of hydrogen-bond donors (Lipinski definition) is 3. The fourth-order valence-electron chi connectivity index (χ4n) is 1.06. The van der Waals surface area contributed by atoms with E-state index in [1.54, 1.807) is 24.3 Å². The summed E-state index contributed by atoms with van der Waals surface area (Å²) in [4.78, 5) is 0. The van der Waals surface area contributed by atoms with Crippen molar-refractivity contribution in [3.63, 3.8) is 0 Å². The highest BCUT2D eigenvalue weighted by atomic mass is 35.5. The van der Waals surface area contributed by atoms with E-state index in [1.807, 2.05) is 0 Å². The molecule has 0 spiro atoms. The zero-order valence-corrected chi connectivity index (χ0v) is 8.00. The van der Waals surface area contributed by atoms with Crippen LogP contribution in [0.5, 0.6) is 5.75 Å². The van der Waals surface area contributed by atoms with Crippen molar-refractivity contribution in [2.75, 3.05) is 6.54 Å². The summed E-state index contributed by atoms with van der Waals surface area (Å²) < 4.78 is 0.